The van der Waals surface area contributed by atoms with Gasteiger partial charge in [0.15, 0.2) is 11.5 Å². The standard InChI is InChI=1S/C13H17N5O/c1-19-10-4-8-2-3-9(5-10)18(8)13-11-12(15-6-14-11)16-7-17-13/h6-10H,2-5H2,1H3,(H,14,15,16,17)/t8-,9+,10?. The summed E-state index contributed by atoms with van der Waals surface area (Å²) in [5, 5.41) is 0. The maximum Gasteiger partial charge on any atom is 0.182 e. The topological polar surface area (TPSA) is 66.9 Å². The van der Waals surface area contributed by atoms with Gasteiger partial charge < -0.3 is 14.6 Å². The highest BCUT2D eigenvalue weighted by Crippen LogP contribution is 2.40. The monoisotopic (exact) mass is 259 g/mol. The van der Waals surface area contributed by atoms with Crippen LogP contribution in [0.5, 0.6) is 0 Å². The van der Waals surface area contributed by atoms with Crippen LogP contribution in [0.3, 0.4) is 0 Å². The van der Waals surface area contributed by atoms with Crippen molar-refractivity contribution in [2.24, 2.45) is 0 Å². The first-order chi connectivity index (χ1) is 9.36. The fraction of sp³-hybridized carbons (Fsp3) is 0.615. The zero-order valence-electron chi connectivity index (χ0n) is 10.9. The average Bonchev–Trinajstić information content (AvgIpc) is 3.01. The molecule has 2 aliphatic rings. The van der Waals surface area contributed by atoms with Crippen LogP contribution >= 0.6 is 0 Å². The highest BCUT2D eigenvalue weighted by atomic mass is 16.5. The minimum Gasteiger partial charge on any atom is -0.381 e. The molecule has 2 saturated heterocycles. The quantitative estimate of drug-likeness (QED) is 0.885. The van der Waals surface area contributed by atoms with Gasteiger partial charge >= 0.3 is 0 Å². The molecule has 4 heterocycles. The molecule has 0 aliphatic carbocycles. The Morgan fingerprint density at radius 1 is 1.21 bits per heavy atom. The van der Waals surface area contributed by atoms with E-state index in [1.165, 1.54) is 12.8 Å². The van der Waals surface area contributed by atoms with E-state index in [0.717, 1.165) is 29.8 Å². The molecule has 2 fully saturated rings. The van der Waals surface area contributed by atoms with Gasteiger partial charge in [-0.1, -0.05) is 0 Å². The van der Waals surface area contributed by atoms with E-state index in [-0.39, 0.29) is 0 Å². The lowest BCUT2D eigenvalue weighted by Crippen LogP contribution is -2.45. The largest absolute Gasteiger partial charge is 0.381 e. The number of imidazole rings is 1. The minimum absolute atomic E-state index is 0.396. The SMILES string of the molecule is COC1C[C@H]2CC[C@@H](C1)N2c1ncnc2nc[nH]c12. The molecule has 2 aromatic heterocycles. The summed E-state index contributed by atoms with van der Waals surface area (Å²) in [6.07, 6.45) is 8.33. The van der Waals surface area contributed by atoms with Gasteiger partial charge in [-0.05, 0) is 25.7 Å². The first-order valence-electron chi connectivity index (χ1n) is 6.82. The van der Waals surface area contributed by atoms with Gasteiger partial charge in [-0.25, -0.2) is 15.0 Å². The number of fused-ring (bicyclic) bond motifs is 3. The average molecular weight is 259 g/mol. The molecule has 2 bridgehead atoms. The van der Waals surface area contributed by atoms with E-state index in [4.69, 9.17) is 4.74 Å². The third-order valence-electron chi connectivity index (χ3n) is 4.47. The highest BCUT2D eigenvalue weighted by Gasteiger charge is 2.42. The molecule has 0 spiro atoms. The molecule has 1 unspecified atom stereocenters. The summed E-state index contributed by atoms with van der Waals surface area (Å²) in [6, 6.07) is 1.06. The van der Waals surface area contributed by atoms with Crippen LogP contribution in [0.2, 0.25) is 0 Å². The minimum atomic E-state index is 0.396. The van der Waals surface area contributed by atoms with E-state index in [2.05, 4.69) is 24.8 Å². The number of nitrogens with zero attached hydrogens (tertiary/aromatic N) is 4. The Morgan fingerprint density at radius 3 is 2.74 bits per heavy atom. The number of rotatable bonds is 2. The second-order valence-electron chi connectivity index (χ2n) is 5.42. The summed E-state index contributed by atoms with van der Waals surface area (Å²) in [6.45, 7) is 0. The first kappa shape index (κ1) is 11.2. The number of hydrogen-bond donors (Lipinski definition) is 1. The van der Waals surface area contributed by atoms with Gasteiger partial charge in [-0.15, -0.1) is 0 Å². The third kappa shape index (κ3) is 1.63. The molecule has 4 rings (SSSR count). The van der Waals surface area contributed by atoms with Crippen LogP contribution in [-0.4, -0.2) is 45.2 Å². The van der Waals surface area contributed by atoms with Crippen molar-refractivity contribution in [3.63, 3.8) is 0 Å². The zero-order valence-corrected chi connectivity index (χ0v) is 10.9. The number of ether oxygens (including phenoxy) is 1. The maximum atomic E-state index is 5.55. The summed E-state index contributed by atoms with van der Waals surface area (Å²) in [4.78, 5) is 18.5. The normalized spacial score (nSPS) is 30.2. The van der Waals surface area contributed by atoms with Crippen LogP contribution in [0.25, 0.3) is 11.2 Å². The van der Waals surface area contributed by atoms with E-state index in [1.54, 1.807) is 12.7 Å². The van der Waals surface area contributed by atoms with Crippen molar-refractivity contribution in [2.45, 2.75) is 43.9 Å². The van der Waals surface area contributed by atoms with Crippen LogP contribution in [0.15, 0.2) is 12.7 Å². The number of nitrogens with one attached hydrogen (secondary N) is 1. The number of hydrogen-bond acceptors (Lipinski definition) is 5. The van der Waals surface area contributed by atoms with E-state index < -0.39 is 0 Å². The fourth-order valence-corrected chi connectivity index (χ4v) is 3.61. The smallest absolute Gasteiger partial charge is 0.182 e. The molecule has 19 heavy (non-hydrogen) atoms. The van der Waals surface area contributed by atoms with Gasteiger partial charge in [0, 0.05) is 19.2 Å². The molecule has 1 N–H and O–H groups in total. The van der Waals surface area contributed by atoms with E-state index in [0.29, 0.717) is 18.2 Å². The van der Waals surface area contributed by atoms with Gasteiger partial charge in [0.05, 0.1) is 12.4 Å². The predicted molar refractivity (Wildman–Crippen MR) is 71.0 cm³/mol. The Bertz CT molecular complexity index is 583. The third-order valence-corrected chi connectivity index (χ3v) is 4.47. The number of aromatic amines is 1. The van der Waals surface area contributed by atoms with Crippen LogP contribution in [0.1, 0.15) is 25.7 Å². The number of aromatic nitrogens is 4. The molecule has 0 saturated carbocycles. The molecule has 6 heteroatoms. The highest BCUT2D eigenvalue weighted by molar-refractivity contribution is 5.83. The number of anilines is 1. The van der Waals surface area contributed by atoms with E-state index in [1.807, 2.05) is 7.11 Å². The van der Waals surface area contributed by atoms with Crippen molar-refractivity contribution in [3.8, 4) is 0 Å². The first-order valence-corrected chi connectivity index (χ1v) is 6.82. The molecule has 0 radical (unpaired) electrons. The summed E-state index contributed by atoms with van der Waals surface area (Å²) in [5.74, 6) is 1.00. The summed E-state index contributed by atoms with van der Waals surface area (Å²) >= 11 is 0. The maximum absolute atomic E-state index is 5.55. The summed E-state index contributed by atoms with van der Waals surface area (Å²) in [5.41, 5.74) is 1.70. The Kier molecular flexibility index (Phi) is 2.44. The number of methoxy groups -OCH3 is 1. The molecule has 0 aromatic carbocycles. The van der Waals surface area contributed by atoms with Crippen LogP contribution in [0, 0.1) is 0 Å². The van der Waals surface area contributed by atoms with E-state index >= 15 is 0 Å². The Morgan fingerprint density at radius 2 is 2.00 bits per heavy atom. The van der Waals surface area contributed by atoms with E-state index in [9.17, 15) is 0 Å². The molecule has 3 atom stereocenters. The number of H-pyrrole nitrogens is 1. The van der Waals surface area contributed by atoms with Crippen LogP contribution in [0.4, 0.5) is 5.82 Å². The Labute approximate surface area is 111 Å². The molecule has 100 valence electrons. The second-order valence-corrected chi connectivity index (χ2v) is 5.42. The Balaban J connectivity index is 1.75. The van der Waals surface area contributed by atoms with Crippen molar-refractivity contribution < 1.29 is 4.74 Å². The molecule has 2 aromatic rings. The van der Waals surface area contributed by atoms with Gasteiger partial charge in [0.25, 0.3) is 0 Å². The van der Waals surface area contributed by atoms with Gasteiger partial charge in [0.1, 0.15) is 11.8 Å². The molecule has 0 amide bonds. The van der Waals surface area contributed by atoms with Crippen LogP contribution < -0.4 is 4.90 Å². The van der Waals surface area contributed by atoms with Crippen molar-refractivity contribution in [1.29, 1.82) is 0 Å². The van der Waals surface area contributed by atoms with Gasteiger partial charge in [-0.2, -0.15) is 0 Å². The molecule has 2 aliphatic heterocycles. The van der Waals surface area contributed by atoms with Crippen molar-refractivity contribution >= 4 is 17.0 Å². The van der Waals surface area contributed by atoms with Crippen LogP contribution in [-0.2, 0) is 4.74 Å². The molecular formula is C13H17N5O. The molecule has 6 nitrogen and oxygen atoms in total. The van der Waals surface area contributed by atoms with Gasteiger partial charge in [-0.3, -0.25) is 0 Å². The van der Waals surface area contributed by atoms with Crippen molar-refractivity contribution in [2.75, 3.05) is 12.0 Å². The fourth-order valence-electron chi connectivity index (χ4n) is 3.61. The second kappa shape index (κ2) is 4.16. The predicted octanol–water partition coefficient (Wildman–Crippen LogP) is 1.50. The lowest BCUT2D eigenvalue weighted by atomic mass is 9.99. The lowest BCUT2D eigenvalue weighted by molar-refractivity contribution is 0.0682. The van der Waals surface area contributed by atoms with Crippen molar-refractivity contribution in [3.05, 3.63) is 12.7 Å². The molecular weight excluding hydrogens is 242 g/mol. The zero-order chi connectivity index (χ0) is 12.8. The van der Waals surface area contributed by atoms with Crippen molar-refractivity contribution in [1.82, 2.24) is 19.9 Å². The summed E-state index contributed by atoms with van der Waals surface area (Å²) < 4.78 is 5.55. The Hall–Kier alpha value is -1.69. The summed E-state index contributed by atoms with van der Waals surface area (Å²) in [7, 11) is 1.82. The lowest BCUT2D eigenvalue weighted by Gasteiger charge is -2.39. The van der Waals surface area contributed by atoms with Gasteiger partial charge in [0.2, 0.25) is 0 Å². The number of piperidine rings is 1.